The van der Waals surface area contributed by atoms with Crippen molar-refractivity contribution in [2.75, 3.05) is 0 Å². The highest BCUT2D eigenvalue weighted by atomic mass is 19.1. The van der Waals surface area contributed by atoms with Crippen molar-refractivity contribution in [2.45, 2.75) is 32.7 Å². The zero-order valence-corrected chi connectivity index (χ0v) is 15.8. The molecule has 1 aliphatic rings. The molecule has 0 bridgehead atoms. The van der Waals surface area contributed by atoms with Gasteiger partial charge in [0.05, 0.1) is 11.7 Å². The maximum atomic E-state index is 13.5. The summed E-state index contributed by atoms with van der Waals surface area (Å²) in [6.45, 7) is 4.32. The van der Waals surface area contributed by atoms with Gasteiger partial charge in [0.25, 0.3) is 5.91 Å². The molecule has 2 heterocycles. The molecule has 4 rings (SSSR count). The highest BCUT2D eigenvalue weighted by Crippen LogP contribution is 2.40. The second-order valence-electron chi connectivity index (χ2n) is 7.91. The van der Waals surface area contributed by atoms with Crippen LogP contribution in [0.25, 0.3) is 11.4 Å². The third-order valence-electron chi connectivity index (χ3n) is 5.01. The normalized spacial score (nSPS) is 17.6. The van der Waals surface area contributed by atoms with Crippen molar-refractivity contribution in [1.82, 2.24) is 20.3 Å². The van der Waals surface area contributed by atoms with Gasteiger partial charge in [-0.1, -0.05) is 19.9 Å². The smallest absolute Gasteiger partial charge is 0.251 e. The van der Waals surface area contributed by atoms with E-state index in [9.17, 15) is 9.18 Å². The Morgan fingerprint density at radius 1 is 1.21 bits per heavy atom. The Bertz CT molecular complexity index is 1020. The lowest BCUT2D eigenvalue weighted by Crippen LogP contribution is -2.37. The molecule has 5 nitrogen and oxygen atoms in total. The third-order valence-corrected chi connectivity index (χ3v) is 5.01. The lowest BCUT2D eigenvalue weighted by Gasteiger charge is -2.36. The molecule has 28 heavy (non-hydrogen) atoms. The lowest BCUT2D eigenvalue weighted by atomic mass is 9.74. The fourth-order valence-electron chi connectivity index (χ4n) is 3.69. The fraction of sp³-hybridized carbons (Fsp3) is 0.273. The molecule has 0 spiro atoms. The van der Waals surface area contributed by atoms with E-state index < -0.39 is 5.82 Å². The van der Waals surface area contributed by atoms with Crippen molar-refractivity contribution in [3.8, 4) is 11.4 Å². The Morgan fingerprint density at radius 3 is 2.75 bits per heavy atom. The van der Waals surface area contributed by atoms with Crippen LogP contribution in [-0.2, 0) is 6.42 Å². The summed E-state index contributed by atoms with van der Waals surface area (Å²) in [6.07, 6.45) is 6.78. The first-order valence-electron chi connectivity index (χ1n) is 9.24. The van der Waals surface area contributed by atoms with Crippen LogP contribution in [0.1, 0.15) is 47.9 Å². The number of aromatic nitrogens is 3. The molecule has 0 fully saturated rings. The standard InChI is InChI=1S/C22H21FN4O/c1-22(2)11-18-17(13-25-20(26-18)14-6-8-24-9-7-14)19(12-22)27-21(28)15-4-3-5-16(23)10-15/h3-10,13,19H,11-12H2,1-2H3,(H,27,28)/t19-/m1/s1. The highest BCUT2D eigenvalue weighted by Gasteiger charge is 2.34. The number of hydrogen-bond donors (Lipinski definition) is 1. The minimum Gasteiger partial charge on any atom is -0.345 e. The summed E-state index contributed by atoms with van der Waals surface area (Å²) < 4.78 is 13.5. The fourth-order valence-corrected chi connectivity index (χ4v) is 3.69. The van der Waals surface area contributed by atoms with E-state index in [2.05, 4.69) is 29.1 Å². The van der Waals surface area contributed by atoms with E-state index in [1.54, 1.807) is 24.7 Å². The summed E-state index contributed by atoms with van der Waals surface area (Å²) in [5, 5.41) is 3.04. The van der Waals surface area contributed by atoms with Crippen LogP contribution in [0.3, 0.4) is 0 Å². The van der Waals surface area contributed by atoms with Crippen LogP contribution < -0.4 is 5.32 Å². The minimum atomic E-state index is -0.428. The number of nitrogens with zero attached hydrogens (tertiary/aromatic N) is 3. The number of benzene rings is 1. The number of carbonyl (C=O) groups excluding carboxylic acids is 1. The Labute approximate surface area is 163 Å². The van der Waals surface area contributed by atoms with E-state index in [-0.39, 0.29) is 17.4 Å². The van der Waals surface area contributed by atoms with Crippen molar-refractivity contribution in [3.05, 3.63) is 77.6 Å². The van der Waals surface area contributed by atoms with Crippen LogP contribution in [-0.4, -0.2) is 20.9 Å². The maximum absolute atomic E-state index is 13.5. The van der Waals surface area contributed by atoms with Gasteiger partial charge in [-0.25, -0.2) is 14.4 Å². The molecule has 0 radical (unpaired) electrons. The number of hydrogen-bond acceptors (Lipinski definition) is 4. The molecule has 0 unspecified atom stereocenters. The van der Waals surface area contributed by atoms with Crippen LogP contribution in [0.5, 0.6) is 0 Å². The molecule has 1 amide bonds. The van der Waals surface area contributed by atoms with Crippen molar-refractivity contribution in [2.24, 2.45) is 5.41 Å². The number of halogens is 1. The summed E-state index contributed by atoms with van der Waals surface area (Å²) in [7, 11) is 0. The second kappa shape index (κ2) is 7.11. The Kier molecular flexibility index (Phi) is 4.63. The van der Waals surface area contributed by atoms with Gasteiger partial charge in [0.15, 0.2) is 5.82 Å². The Morgan fingerprint density at radius 2 is 2.00 bits per heavy atom. The quantitative estimate of drug-likeness (QED) is 0.747. The van der Waals surface area contributed by atoms with E-state index in [1.165, 1.54) is 18.2 Å². The van der Waals surface area contributed by atoms with E-state index in [4.69, 9.17) is 4.98 Å². The van der Waals surface area contributed by atoms with Crippen LogP contribution in [0.15, 0.2) is 55.0 Å². The highest BCUT2D eigenvalue weighted by molar-refractivity contribution is 5.94. The van der Waals surface area contributed by atoms with Crippen molar-refractivity contribution >= 4 is 5.91 Å². The second-order valence-corrected chi connectivity index (χ2v) is 7.91. The summed E-state index contributed by atoms with van der Waals surface area (Å²) in [5.41, 5.74) is 3.03. The largest absolute Gasteiger partial charge is 0.345 e. The summed E-state index contributed by atoms with van der Waals surface area (Å²) in [5.74, 6) is -0.0808. The number of pyridine rings is 1. The SMILES string of the molecule is CC1(C)Cc2nc(-c3ccncc3)ncc2[C@H](NC(=O)c2cccc(F)c2)C1. The molecular formula is C22H21FN4O. The van der Waals surface area contributed by atoms with Gasteiger partial charge in [-0.2, -0.15) is 0 Å². The molecule has 0 saturated carbocycles. The molecule has 1 aliphatic carbocycles. The lowest BCUT2D eigenvalue weighted by molar-refractivity contribution is 0.0918. The average Bonchev–Trinajstić information content (AvgIpc) is 2.67. The van der Waals surface area contributed by atoms with E-state index >= 15 is 0 Å². The predicted octanol–water partition coefficient (Wildman–Crippen LogP) is 4.12. The number of carbonyl (C=O) groups is 1. The Balaban J connectivity index is 1.66. The first-order valence-corrected chi connectivity index (χ1v) is 9.24. The number of amides is 1. The molecule has 0 saturated heterocycles. The number of nitrogens with one attached hydrogen (secondary N) is 1. The summed E-state index contributed by atoms with van der Waals surface area (Å²) >= 11 is 0. The van der Waals surface area contributed by atoms with Gasteiger partial charge in [0, 0.05) is 35.3 Å². The topological polar surface area (TPSA) is 67.8 Å². The maximum Gasteiger partial charge on any atom is 0.251 e. The minimum absolute atomic E-state index is 0.0310. The predicted molar refractivity (Wildman–Crippen MR) is 104 cm³/mol. The van der Waals surface area contributed by atoms with Gasteiger partial charge < -0.3 is 5.32 Å². The van der Waals surface area contributed by atoms with E-state index in [1.807, 2.05) is 12.1 Å². The number of rotatable bonds is 3. The van der Waals surface area contributed by atoms with Gasteiger partial charge in [0.2, 0.25) is 0 Å². The van der Waals surface area contributed by atoms with Gasteiger partial charge >= 0.3 is 0 Å². The van der Waals surface area contributed by atoms with Crippen molar-refractivity contribution in [3.63, 3.8) is 0 Å². The first kappa shape index (κ1) is 18.2. The molecule has 6 heteroatoms. The summed E-state index contributed by atoms with van der Waals surface area (Å²) in [4.78, 5) is 26.0. The summed E-state index contributed by atoms with van der Waals surface area (Å²) in [6, 6.07) is 9.24. The van der Waals surface area contributed by atoms with Crippen molar-refractivity contribution in [1.29, 1.82) is 0 Å². The molecule has 2 aromatic heterocycles. The molecule has 1 atom stereocenters. The molecule has 1 aromatic carbocycles. The average molecular weight is 376 g/mol. The molecule has 0 aliphatic heterocycles. The van der Waals surface area contributed by atoms with Crippen LogP contribution in [0.2, 0.25) is 0 Å². The monoisotopic (exact) mass is 376 g/mol. The van der Waals surface area contributed by atoms with E-state index in [0.717, 1.165) is 29.7 Å². The zero-order valence-electron chi connectivity index (χ0n) is 15.8. The Hall–Kier alpha value is -3.15. The third kappa shape index (κ3) is 3.76. The van der Waals surface area contributed by atoms with Crippen LogP contribution in [0, 0.1) is 11.2 Å². The first-order chi connectivity index (χ1) is 13.4. The van der Waals surface area contributed by atoms with Gasteiger partial charge in [-0.3, -0.25) is 9.78 Å². The molecule has 142 valence electrons. The van der Waals surface area contributed by atoms with Gasteiger partial charge in [-0.05, 0) is 48.6 Å². The zero-order chi connectivity index (χ0) is 19.7. The number of fused-ring (bicyclic) bond motifs is 1. The molecule has 3 aromatic rings. The van der Waals surface area contributed by atoms with Crippen LogP contribution in [0.4, 0.5) is 4.39 Å². The molecule has 1 N–H and O–H groups in total. The molecular weight excluding hydrogens is 355 g/mol. The van der Waals surface area contributed by atoms with E-state index in [0.29, 0.717) is 11.4 Å². The van der Waals surface area contributed by atoms with Gasteiger partial charge in [0.1, 0.15) is 5.82 Å². The van der Waals surface area contributed by atoms with Gasteiger partial charge in [-0.15, -0.1) is 0 Å². The van der Waals surface area contributed by atoms with Crippen LogP contribution >= 0.6 is 0 Å². The van der Waals surface area contributed by atoms with Crippen molar-refractivity contribution < 1.29 is 9.18 Å².